The van der Waals surface area contributed by atoms with Gasteiger partial charge in [0.1, 0.15) is 37.1 Å². The third-order valence-electron chi connectivity index (χ3n) is 12.5. The molecule has 380 valence electrons. The summed E-state index contributed by atoms with van der Waals surface area (Å²) in [6.45, 7) is 8.14. The van der Waals surface area contributed by atoms with Gasteiger partial charge >= 0.3 is 11.9 Å². The number of carbonyl (C=O) groups is 3. The summed E-state index contributed by atoms with van der Waals surface area (Å²) < 4.78 is 40.2. The van der Waals surface area contributed by atoms with E-state index >= 15 is 0 Å². The number of nitrogens with zero attached hydrogens (tertiary/aromatic N) is 1. The largest absolute Gasteiger partial charge is 0.756 e. The molecule has 2 N–H and O–H groups in total. The molecule has 1 fully saturated rings. The SMILES string of the molecule is CCCCCc1oc(CCCCCCCCCCCCC(=O)OC[C@H](COP(=O)([O-])OCC[N+](C)(C)C)OC(=O)CCC/C=C\C[C@H]2C(=O)C[C@@H](O)[C@@H]2/C=C/[C@@H](O)CCCCC)c(C)c1C. The highest BCUT2D eigenvalue weighted by Gasteiger charge is 2.39. The van der Waals surface area contributed by atoms with Crippen molar-refractivity contribution in [2.75, 3.05) is 47.5 Å². The predicted molar refractivity (Wildman–Crippen MR) is 259 cm³/mol. The Kier molecular flexibility index (Phi) is 30.5. The quantitative estimate of drug-likeness (QED) is 0.0210. The van der Waals surface area contributed by atoms with E-state index in [0.717, 1.165) is 57.8 Å². The van der Waals surface area contributed by atoms with Crippen molar-refractivity contribution in [2.45, 2.75) is 207 Å². The average Bonchev–Trinajstić information content (AvgIpc) is 3.68. The van der Waals surface area contributed by atoms with Crippen LogP contribution in [-0.2, 0) is 50.3 Å². The van der Waals surface area contributed by atoms with E-state index in [-0.39, 0.29) is 50.1 Å². The number of hydrogen-bond donors (Lipinski definition) is 2. The zero-order valence-corrected chi connectivity index (χ0v) is 43.0. The first kappa shape index (κ1) is 59.5. The first-order valence-corrected chi connectivity index (χ1v) is 27.0. The van der Waals surface area contributed by atoms with E-state index < -0.39 is 44.7 Å². The maximum atomic E-state index is 12.8. The number of allylic oxidation sites excluding steroid dienone is 2. The first-order valence-electron chi connectivity index (χ1n) is 25.5. The molecule has 13 nitrogen and oxygen atoms in total. The number of Topliss-reactive ketones (excluding diaryl/α,β-unsaturated/α-hetero) is 1. The number of furan rings is 1. The van der Waals surface area contributed by atoms with Gasteiger partial charge in [-0.2, -0.15) is 0 Å². The molecule has 6 atom stereocenters. The van der Waals surface area contributed by atoms with Crippen LogP contribution in [0.2, 0.25) is 0 Å². The van der Waals surface area contributed by atoms with Gasteiger partial charge in [-0.25, -0.2) is 0 Å². The fourth-order valence-electron chi connectivity index (χ4n) is 8.17. The minimum atomic E-state index is -4.72. The Balaban J connectivity index is 1.71. The molecule has 1 aliphatic carbocycles. The molecule has 0 aliphatic heterocycles. The molecule has 0 bridgehead atoms. The summed E-state index contributed by atoms with van der Waals surface area (Å²) in [6.07, 6.45) is 26.7. The summed E-state index contributed by atoms with van der Waals surface area (Å²) in [5.41, 5.74) is 2.67. The third kappa shape index (κ3) is 26.8. The molecule has 1 aromatic rings. The number of unbranched alkanes of at least 4 members (excludes halogenated alkanes) is 14. The van der Waals surface area contributed by atoms with Crippen LogP contribution >= 0.6 is 7.82 Å². The van der Waals surface area contributed by atoms with E-state index in [1.54, 1.807) is 12.2 Å². The topological polar surface area (TPSA) is 182 Å². The Labute approximate surface area is 398 Å². The van der Waals surface area contributed by atoms with Crippen LogP contribution in [0.4, 0.5) is 0 Å². The summed E-state index contributed by atoms with van der Waals surface area (Å²) in [6, 6.07) is 0. The van der Waals surface area contributed by atoms with E-state index in [0.29, 0.717) is 43.1 Å². The Morgan fingerprint density at radius 1 is 0.803 bits per heavy atom. The van der Waals surface area contributed by atoms with E-state index in [1.165, 1.54) is 74.0 Å². The van der Waals surface area contributed by atoms with Gasteiger partial charge in [-0.15, -0.1) is 0 Å². The fourth-order valence-corrected chi connectivity index (χ4v) is 8.90. The lowest BCUT2D eigenvalue weighted by molar-refractivity contribution is -0.870. The highest BCUT2D eigenvalue weighted by atomic mass is 31.2. The molecule has 1 aromatic heterocycles. The lowest BCUT2D eigenvalue weighted by Crippen LogP contribution is -2.37. The second kappa shape index (κ2) is 33.8. The van der Waals surface area contributed by atoms with Gasteiger partial charge in [0.25, 0.3) is 7.82 Å². The number of phosphoric acid groups is 1. The van der Waals surface area contributed by atoms with Crippen molar-refractivity contribution in [1.82, 2.24) is 0 Å². The third-order valence-corrected chi connectivity index (χ3v) is 13.5. The lowest BCUT2D eigenvalue weighted by Gasteiger charge is -2.28. The van der Waals surface area contributed by atoms with Gasteiger partial charge in [0.05, 0.1) is 40.0 Å². The number of ketones is 1. The van der Waals surface area contributed by atoms with Crippen LogP contribution < -0.4 is 4.89 Å². The highest BCUT2D eigenvalue weighted by molar-refractivity contribution is 7.45. The van der Waals surface area contributed by atoms with Gasteiger partial charge in [0.15, 0.2) is 6.10 Å². The molecule has 2 rings (SSSR count). The van der Waals surface area contributed by atoms with Crippen molar-refractivity contribution in [3.63, 3.8) is 0 Å². The van der Waals surface area contributed by atoms with Crippen molar-refractivity contribution in [3.8, 4) is 0 Å². The van der Waals surface area contributed by atoms with Crippen molar-refractivity contribution in [3.05, 3.63) is 47.0 Å². The van der Waals surface area contributed by atoms with Crippen molar-refractivity contribution < 1.29 is 61.5 Å². The summed E-state index contributed by atoms with van der Waals surface area (Å²) in [5.74, 6) is 0.550. The van der Waals surface area contributed by atoms with Crippen LogP contribution in [0, 0.1) is 25.7 Å². The molecule has 0 amide bonds. The van der Waals surface area contributed by atoms with Crippen LogP contribution in [0.1, 0.15) is 184 Å². The summed E-state index contributed by atoms with van der Waals surface area (Å²) in [7, 11) is 0.986. The van der Waals surface area contributed by atoms with E-state index in [2.05, 4.69) is 27.7 Å². The lowest BCUT2D eigenvalue weighted by atomic mass is 9.90. The smallest absolute Gasteiger partial charge is 0.306 e. The number of ether oxygens (including phenoxy) is 2. The second-order valence-electron chi connectivity index (χ2n) is 19.5. The maximum Gasteiger partial charge on any atom is 0.306 e. The van der Waals surface area contributed by atoms with Crippen LogP contribution in [0.3, 0.4) is 0 Å². The number of aryl methyl sites for hydroxylation is 2. The van der Waals surface area contributed by atoms with Crippen molar-refractivity contribution in [1.29, 1.82) is 0 Å². The molecule has 0 radical (unpaired) electrons. The van der Waals surface area contributed by atoms with Crippen LogP contribution in [-0.4, -0.2) is 98.2 Å². The van der Waals surface area contributed by atoms with E-state index in [9.17, 15) is 34.1 Å². The number of rotatable bonds is 39. The number of hydrogen-bond acceptors (Lipinski definition) is 12. The molecular weight excluding hydrogens is 862 g/mol. The average molecular weight is 952 g/mol. The van der Waals surface area contributed by atoms with Gasteiger partial charge in [0.2, 0.25) is 0 Å². The number of aliphatic hydroxyl groups is 2. The Bertz CT molecular complexity index is 1620. The fraction of sp³-hybridized carbons (Fsp3) is 0.788. The van der Waals surface area contributed by atoms with E-state index in [1.807, 2.05) is 33.3 Å². The van der Waals surface area contributed by atoms with Gasteiger partial charge in [-0.05, 0) is 69.9 Å². The zero-order chi connectivity index (χ0) is 48.8. The number of phosphoric ester groups is 1. The van der Waals surface area contributed by atoms with Gasteiger partial charge < -0.3 is 42.5 Å². The Hall–Kier alpha value is -2.64. The minimum absolute atomic E-state index is 0.0115. The predicted octanol–water partition coefficient (Wildman–Crippen LogP) is 10.3. The van der Waals surface area contributed by atoms with Crippen molar-refractivity contribution in [2.24, 2.45) is 11.8 Å². The molecule has 66 heavy (non-hydrogen) atoms. The normalized spacial score (nSPS) is 18.6. The Morgan fingerprint density at radius 2 is 1.38 bits per heavy atom. The van der Waals surface area contributed by atoms with Crippen molar-refractivity contribution >= 4 is 25.5 Å². The Morgan fingerprint density at radius 3 is 2.00 bits per heavy atom. The molecule has 0 aromatic carbocycles. The zero-order valence-electron chi connectivity index (χ0n) is 42.1. The van der Waals surface area contributed by atoms with Crippen LogP contribution in [0.15, 0.2) is 28.7 Å². The number of quaternary nitrogens is 1. The van der Waals surface area contributed by atoms with Gasteiger partial charge in [-0.3, -0.25) is 18.9 Å². The number of aliphatic hydroxyl groups excluding tert-OH is 2. The monoisotopic (exact) mass is 952 g/mol. The molecule has 0 spiro atoms. The highest BCUT2D eigenvalue weighted by Crippen LogP contribution is 2.38. The van der Waals surface area contributed by atoms with Crippen LogP contribution in [0.25, 0.3) is 0 Å². The summed E-state index contributed by atoms with van der Waals surface area (Å²) in [5, 5.41) is 20.8. The van der Waals surface area contributed by atoms with Crippen LogP contribution in [0.5, 0.6) is 0 Å². The molecular formula is C52H90NO12P. The molecule has 1 unspecified atom stereocenters. The molecule has 1 heterocycles. The standard InChI is InChI=1S/C52H90NO12P/c1-8-10-22-28-43(54)34-35-46-45(47(55)38-48(46)56)29-24-20-21-27-33-52(58)64-44(40-63-66(59,60)62-37-36-53(5,6)7)39-61-51(57)32-26-19-17-15-13-12-14-16-18-25-31-50-42(4)41(3)49(65-50)30-23-11-9-2/h20,24,34-35,43-46,48,54,56H,8-19,21-23,25-33,36-40H2,1-7H3/b24-20-,35-34+/t43-,44+,45+,46+,48+/m0/s1. The number of esters is 2. The second-order valence-corrected chi connectivity index (χ2v) is 21.0. The summed E-state index contributed by atoms with van der Waals surface area (Å²) in [4.78, 5) is 50.6. The van der Waals surface area contributed by atoms with E-state index in [4.69, 9.17) is 22.9 Å². The first-order chi connectivity index (χ1) is 31.5. The molecule has 0 saturated heterocycles. The van der Waals surface area contributed by atoms with Gasteiger partial charge in [0, 0.05) is 43.9 Å². The summed E-state index contributed by atoms with van der Waals surface area (Å²) >= 11 is 0. The number of likely N-dealkylation sites (N-methyl/N-ethyl adjacent to an activating group) is 1. The molecule has 1 aliphatic rings. The molecule has 14 heteroatoms. The maximum absolute atomic E-state index is 12.8. The number of carbonyl (C=O) groups excluding carboxylic acids is 3. The van der Waals surface area contributed by atoms with Gasteiger partial charge in [-0.1, -0.05) is 122 Å². The molecule has 1 saturated carbocycles. The minimum Gasteiger partial charge on any atom is -0.756 e.